The number of imidazole rings is 1. The number of aromatic nitrogens is 3. The van der Waals surface area contributed by atoms with Crippen LogP contribution in [0.3, 0.4) is 0 Å². The number of amides is 1. The lowest BCUT2D eigenvalue weighted by molar-refractivity contribution is -0.119. The van der Waals surface area contributed by atoms with E-state index in [-0.39, 0.29) is 30.5 Å². The molecule has 8 nitrogen and oxygen atoms in total. The highest BCUT2D eigenvalue weighted by atomic mass is 35.5. The van der Waals surface area contributed by atoms with E-state index < -0.39 is 6.04 Å². The normalized spacial score (nSPS) is 19.9. The Bertz CT molecular complexity index is 1080. The molecule has 1 saturated carbocycles. The summed E-state index contributed by atoms with van der Waals surface area (Å²) >= 11 is 5.70. The summed E-state index contributed by atoms with van der Waals surface area (Å²) in [7, 11) is 1.75. The van der Waals surface area contributed by atoms with Crippen LogP contribution in [0.15, 0.2) is 22.7 Å². The van der Waals surface area contributed by atoms with Crippen LogP contribution < -0.4 is 5.32 Å². The molecule has 9 heteroatoms. The van der Waals surface area contributed by atoms with Crippen LogP contribution in [0.1, 0.15) is 55.0 Å². The van der Waals surface area contributed by atoms with E-state index in [1.54, 1.807) is 7.11 Å². The van der Waals surface area contributed by atoms with Gasteiger partial charge in [-0.15, -0.1) is 11.6 Å². The Kier molecular flexibility index (Phi) is 6.83. The van der Waals surface area contributed by atoms with Crippen LogP contribution >= 0.6 is 11.6 Å². The summed E-state index contributed by atoms with van der Waals surface area (Å²) in [6.07, 6.45) is 4.04. The first kappa shape index (κ1) is 22.8. The molecule has 32 heavy (non-hydrogen) atoms. The zero-order valence-electron chi connectivity index (χ0n) is 18.6. The number of benzene rings is 1. The minimum Gasteiger partial charge on any atom is -0.394 e. The third kappa shape index (κ3) is 4.27. The number of alkyl halides is 1. The summed E-state index contributed by atoms with van der Waals surface area (Å²) < 4.78 is 13.1. The second-order valence-electron chi connectivity index (χ2n) is 8.35. The topological polar surface area (TPSA) is 102 Å². The van der Waals surface area contributed by atoms with Gasteiger partial charge < -0.3 is 24.3 Å². The molecule has 0 bridgehead atoms. The molecule has 1 fully saturated rings. The number of aryl methyl sites for hydroxylation is 2. The molecule has 4 rings (SSSR count). The van der Waals surface area contributed by atoms with Gasteiger partial charge in [0.2, 0.25) is 5.91 Å². The Morgan fingerprint density at radius 3 is 2.69 bits per heavy atom. The molecule has 1 aliphatic carbocycles. The molecular formula is C23H29ClN4O4. The van der Waals surface area contributed by atoms with Crippen LogP contribution in [0.2, 0.25) is 0 Å². The summed E-state index contributed by atoms with van der Waals surface area (Å²) in [5.41, 5.74) is 4.51. The number of rotatable bonds is 7. The lowest BCUT2D eigenvalue weighted by Crippen LogP contribution is -2.34. The fourth-order valence-electron chi connectivity index (χ4n) is 4.76. The highest BCUT2D eigenvalue weighted by Crippen LogP contribution is 2.37. The number of fused-ring (bicyclic) bond motifs is 1. The van der Waals surface area contributed by atoms with Crippen LogP contribution in [0.25, 0.3) is 22.2 Å². The number of aliphatic hydroxyl groups is 1. The lowest BCUT2D eigenvalue weighted by Gasteiger charge is -2.31. The van der Waals surface area contributed by atoms with Crippen molar-refractivity contribution >= 4 is 28.5 Å². The molecule has 2 heterocycles. The third-order valence-electron chi connectivity index (χ3n) is 6.33. The van der Waals surface area contributed by atoms with Gasteiger partial charge in [-0.25, -0.2) is 4.98 Å². The van der Waals surface area contributed by atoms with Crippen molar-refractivity contribution in [3.05, 3.63) is 35.5 Å². The van der Waals surface area contributed by atoms with Gasteiger partial charge in [0.15, 0.2) is 0 Å². The summed E-state index contributed by atoms with van der Waals surface area (Å²) in [5.74, 6) is 0.870. The Balaban J connectivity index is 1.81. The molecule has 1 amide bonds. The number of carbonyl (C=O) groups excluding carboxylic acids is 1. The van der Waals surface area contributed by atoms with Gasteiger partial charge in [-0.05, 0) is 57.2 Å². The smallest absolute Gasteiger partial charge is 0.235 e. The predicted octanol–water partition coefficient (Wildman–Crippen LogP) is 3.83. The van der Waals surface area contributed by atoms with Gasteiger partial charge in [-0.1, -0.05) is 11.2 Å². The van der Waals surface area contributed by atoms with Gasteiger partial charge in [0.25, 0.3) is 0 Å². The molecule has 1 aliphatic rings. The zero-order chi connectivity index (χ0) is 22.8. The molecule has 0 aliphatic heterocycles. The summed E-state index contributed by atoms with van der Waals surface area (Å²) in [4.78, 5) is 16.9. The number of hydrogen-bond donors (Lipinski definition) is 2. The number of methoxy groups -OCH3 is 1. The summed E-state index contributed by atoms with van der Waals surface area (Å²) in [6, 6.07) is 5.67. The number of nitrogens with one attached hydrogen (secondary N) is 1. The third-order valence-corrected chi connectivity index (χ3v) is 6.57. The number of carbonyl (C=O) groups is 1. The van der Waals surface area contributed by atoms with Crippen LogP contribution in [-0.4, -0.2) is 51.4 Å². The summed E-state index contributed by atoms with van der Waals surface area (Å²) in [6.45, 7) is 3.54. The monoisotopic (exact) mass is 460 g/mol. The summed E-state index contributed by atoms with van der Waals surface area (Å²) in [5, 5.41) is 16.9. The fourth-order valence-corrected chi connectivity index (χ4v) is 4.84. The van der Waals surface area contributed by atoms with Gasteiger partial charge in [0.05, 0.1) is 29.4 Å². The molecule has 0 unspecified atom stereocenters. The van der Waals surface area contributed by atoms with E-state index in [1.807, 2.05) is 32.0 Å². The maximum Gasteiger partial charge on any atom is 0.235 e. The van der Waals surface area contributed by atoms with Gasteiger partial charge >= 0.3 is 0 Å². The molecule has 0 radical (unpaired) electrons. The Hall–Kier alpha value is -2.42. The second kappa shape index (κ2) is 9.60. The van der Waals surface area contributed by atoms with Gasteiger partial charge in [-0.3, -0.25) is 4.79 Å². The van der Waals surface area contributed by atoms with Crippen molar-refractivity contribution in [2.45, 2.75) is 57.7 Å². The van der Waals surface area contributed by atoms with Gasteiger partial charge in [0.1, 0.15) is 23.5 Å². The molecule has 0 spiro atoms. The maximum absolute atomic E-state index is 12.0. The van der Waals surface area contributed by atoms with E-state index in [4.69, 9.17) is 25.8 Å². The average Bonchev–Trinajstić information content (AvgIpc) is 3.36. The zero-order valence-corrected chi connectivity index (χ0v) is 19.4. The quantitative estimate of drug-likeness (QED) is 0.519. The molecule has 2 N–H and O–H groups in total. The van der Waals surface area contributed by atoms with Crippen LogP contribution in [0.5, 0.6) is 0 Å². The van der Waals surface area contributed by atoms with Crippen LogP contribution in [0.4, 0.5) is 0 Å². The lowest BCUT2D eigenvalue weighted by atomic mass is 9.92. The van der Waals surface area contributed by atoms with Gasteiger partial charge in [0, 0.05) is 18.7 Å². The highest BCUT2D eigenvalue weighted by molar-refractivity contribution is 6.27. The van der Waals surface area contributed by atoms with E-state index in [9.17, 15) is 9.90 Å². The fraction of sp³-hybridized carbons (Fsp3) is 0.522. The minimum atomic E-state index is -0.642. The first-order valence-electron chi connectivity index (χ1n) is 10.9. The van der Waals surface area contributed by atoms with Crippen LogP contribution in [-0.2, 0) is 9.53 Å². The first-order chi connectivity index (χ1) is 15.5. The molecule has 0 saturated heterocycles. The van der Waals surface area contributed by atoms with Crippen LogP contribution in [0, 0.1) is 13.8 Å². The Morgan fingerprint density at radius 2 is 2.09 bits per heavy atom. The number of nitrogens with zero attached hydrogens (tertiary/aromatic N) is 3. The van der Waals surface area contributed by atoms with Crippen molar-refractivity contribution < 1.29 is 19.2 Å². The van der Waals surface area contributed by atoms with E-state index in [2.05, 4.69) is 15.0 Å². The maximum atomic E-state index is 12.0. The standard InChI is InChI=1S/C23H29ClN4O4/c1-13-22(14(2)32-27-13)15-4-9-20-18(10-15)26-23(19(12-29)25-21(30)11-24)28(20)16-5-7-17(31-3)8-6-16/h4,9-10,16-17,19,29H,5-8,11-12H2,1-3H3,(H,25,30)/t16-,17-,19-/m0/s1. The molecule has 1 atom stereocenters. The van der Waals surface area contributed by atoms with Crippen molar-refractivity contribution in [3.8, 4) is 11.1 Å². The van der Waals surface area contributed by atoms with Crippen molar-refractivity contribution in [2.75, 3.05) is 19.6 Å². The van der Waals surface area contributed by atoms with Crippen molar-refractivity contribution in [3.63, 3.8) is 0 Å². The molecular weight excluding hydrogens is 432 g/mol. The second-order valence-corrected chi connectivity index (χ2v) is 8.61. The van der Waals surface area contributed by atoms with Crippen molar-refractivity contribution in [1.82, 2.24) is 20.0 Å². The predicted molar refractivity (Wildman–Crippen MR) is 122 cm³/mol. The Labute approximate surface area is 191 Å². The molecule has 3 aromatic rings. The van der Waals surface area contributed by atoms with E-state index in [1.165, 1.54) is 0 Å². The van der Waals surface area contributed by atoms with Crippen molar-refractivity contribution in [2.24, 2.45) is 0 Å². The number of halogens is 1. The first-order valence-corrected chi connectivity index (χ1v) is 11.4. The number of aliphatic hydroxyl groups excluding tert-OH is 1. The van der Waals surface area contributed by atoms with Gasteiger partial charge in [-0.2, -0.15) is 0 Å². The minimum absolute atomic E-state index is 0.175. The van der Waals surface area contributed by atoms with Crippen molar-refractivity contribution in [1.29, 1.82) is 0 Å². The number of hydrogen-bond acceptors (Lipinski definition) is 6. The van der Waals surface area contributed by atoms with E-state index in [0.717, 1.165) is 59.3 Å². The number of ether oxygens (including phenoxy) is 1. The molecule has 172 valence electrons. The average molecular weight is 461 g/mol. The molecule has 1 aromatic carbocycles. The largest absolute Gasteiger partial charge is 0.394 e. The Morgan fingerprint density at radius 1 is 1.34 bits per heavy atom. The van der Waals surface area contributed by atoms with E-state index >= 15 is 0 Å². The highest BCUT2D eigenvalue weighted by Gasteiger charge is 2.29. The SMILES string of the molecule is CO[C@H]1CC[C@H](n2c([C@H](CO)NC(=O)CCl)nc3cc(-c4c(C)noc4C)ccc32)CC1. The molecule has 2 aromatic heterocycles. The van der Waals surface area contributed by atoms with E-state index in [0.29, 0.717) is 5.82 Å².